The summed E-state index contributed by atoms with van der Waals surface area (Å²) in [5, 5.41) is 14.5. The lowest BCUT2D eigenvalue weighted by molar-refractivity contribution is -0.143. The first-order valence-corrected chi connectivity index (χ1v) is 11.1. The highest BCUT2D eigenvalue weighted by molar-refractivity contribution is 6.34. The number of rotatable bonds is 6. The van der Waals surface area contributed by atoms with Crippen molar-refractivity contribution >= 4 is 34.8 Å². The fourth-order valence-electron chi connectivity index (χ4n) is 3.15. The minimum Gasteiger partial charge on any atom is -0.506 e. The number of halogens is 7. The number of aromatic hydroxyl groups is 1. The van der Waals surface area contributed by atoms with Crippen LogP contribution in [0.25, 0.3) is 0 Å². The van der Waals surface area contributed by atoms with Crippen molar-refractivity contribution in [2.45, 2.75) is 32.3 Å². The van der Waals surface area contributed by atoms with Crippen molar-refractivity contribution in [3.05, 3.63) is 81.9 Å². The van der Waals surface area contributed by atoms with Gasteiger partial charge in [-0.2, -0.15) is 26.3 Å². The molecule has 202 valence electrons. The fourth-order valence-corrected chi connectivity index (χ4v) is 3.36. The second kappa shape index (κ2) is 10.8. The maximum atomic E-state index is 13.1. The Morgan fingerprint density at radius 1 is 0.868 bits per heavy atom. The number of aryl methyl sites for hydroxylation is 1. The lowest BCUT2D eigenvalue weighted by Gasteiger charge is -2.17. The van der Waals surface area contributed by atoms with Gasteiger partial charge in [0, 0.05) is 11.6 Å². The van der Waals surface area contributed by atoms with Crippen LogP contribution < -0.4 is 15.4 Å². The SMILES string of the molecule is Cc1ccc(OC(C)C(=O)Nc2cc(O)c(NC(=O)c3cc(C(F)(F)F)cc(C(F)(F)F)c3)cc2Cl)cc1. The molecule has 0 saturated carbocycles. The van der Waals surface area contributed by atoms with E-state index in [2.05, 4.69) is 5.32 Å². The molecule has 0 aliphatic carbocycles. The number of hydrogen-bond acceptors (Lipinski definition) is 4. The number of hydrogen-bond donors (Lipinski definition) is 3. The van der Waals surface area contributed by atoms with Crippen LogP contribution in [0.5, 0.6) is 11.5 Å². The Kier molecular flexibility index (Phi) is 8.15. The molecular weight excluding hydrogens is 542 g/mol. The second-order valence-electron chi connectivity index (χ2n) is 8.16. The van der Waals surface area contributed by atoms with Crippen LogP contribution >= 0.6 is 11.6 Å². The van der Waals surface area contributed by atoms with E-state index in [-0.39, 0.29) is 28.9 Å². The Hall–Kier alpha value is -3.93. The average Bonchev–Trinajstić information content (AvgIpc) is 2.82. The molecule has 0 bridgehead atoms. The van der Waals surface area contributed by atoms with Gasteiger partial charge < -0.3 is 20.5 Å². The zero-order valence-electron chi connectivity index (χ0n) is 19.6. The smallest absolute Gasteiger partial charge is 0.416 e. The van der Waals surface area contributed by atoms with Gasteiger partial charge in [0.1, 0.15) is 11.5 Å². The molecular formula is C25H19ClF6N2O4. The molecule has 0 spiro atoms. The summed E-state index contributed by atoms with van der Waals surface area (Å²) in [4.78, 5) is 25.0. The highest BCUT2D eigenvalue weighted by Crippen LogP contribution is 2.38. The highest BCUT2D eigenvalue weighted by Gasteiger charge is 2.37. The number of nitrogens with one attached hydrogen (secondary N) is 2. The molecule has 6 nitrogen and oxygen atoms in total. The number of benzene rings is 3. The largest absolute Gasteiger partial charge is 0.506 e. The first-order chi connectivity index (χ1) is 17.5. The number of alkyl halides is 6. The molecule has 3 N–H and O–H groups in total. The van der Waals surface area contributed by atoms with Gasteiger partial charge in [-0.1, -0.05) is 29.3 Å². The number of anilines is 2. The van der Waals surface area contributed by atoms with E-state index in [9.17, 15) is 41.0 Å². The van der Waals surface area contributed by atoms with Crippen LogP contribution in [0.1, 0.15) is 34.0 Å². The topological polar surface area (TPSA) is 87.7 Å². The first-order valence-electron chi connectivity index (χ1n) is 10.7. The third-order valence-electron chi connectivity index (χ3n) is 5.14. The molecule has 2 amide bonds. The molecule has 3 aromatic carbocycles. The Bertz CT molecular complexity index is 1330. The van der Waals surface area contributed by atoms with Gasteiger partial charge in [0.15, 0.2) is 6.10 Å². The molecule has 0 aromatic heterocycles. The molecule has 0 saturated heterocycles. The maximum Gasteiger partial charge on any atom is 0.416 e. The summed E-state index contributed by atoms with van der Waals surface area (Å²) in [5.74, 6) is -2.26. The summed E-state index contributed by atoms with van der Waals surface area (Å²) in [7, 11) is 0. The summed E-state index contributed by atoms with van der Waals surface area (Å²) >= 11 is 6.11. The van der Waals surface area contributed by atoms with Crippen LogP contribution in [0.15, 0.2) is 54.6 Å². The van der Waals surface area contributed by atoms with E-state index in [0.717, 1.165) is 17.7 Å². The number of carbonyl (C=O) groups excluding carboxylic acids is 2. The van der Waals surface area contributed by atoms with Crippen molar-refractivity contribution in [1.82, 2.24) is 0 Å². The number of amides is 2. The summed E-state index contributed by atoms with van der Waals surface area (Å²) in [6.07, 6.45) is -11.3. The molecule has 0 fully saturated rings. The van der Waals surface area contributed by atoms with Gasteiger partial charge in [-0.25, -0.2) is 0 Å². The van der Waals surface area contributed by atoms with Crippen LogP contribution in [0.2, 0.25) is 5.02 Å². The standard InChI is InChI=1S/C25H19ClF6N2O4/c1-12-3-5-17(6-4-12)38-13(2)22(36)33-19-11-21(35)20(10-18(19)26)34-23(37)14-7-15(24(27,28)29)9-16(8-14)25(30,31)32/h3-11,13,35H,1-2H3,(H,33,36)(H,34,37). The van der Waals surface area contributed by atoms with E-state index in [1.165, 1.54) is 6.92 Å². The number of ether oxygens (including phenoxy) is 1. The van der Waals surface area contributed by atoms with Gasteiger partial charge in [0.05, 0.1) is 27.5 Å². The maximum absolute atomic E-state index is 13.1. The predicted octanol–water partition coefficient (Wildman–Crippen LogP) is 7.05. The van der Waals surface area contributed by atoms with Crippen LogP contribution in [0.3, 0.4) is 0 Å². The molecule has 1 atom stereocenters. The molecule has 13 heteroatoms. The Balaban J connectivity index is 1.78. The Labute approximate surface area is 217 Å². The van der Waals surface area contributed by atoms with E-state index in [1.54, 1.807) is 24.3 Å². The number of carbonyl (C=O) groups is 2. The summed E-state index contributed by atoms with van der Waals surface area (Å²) in [5.41, 5.74) is -3.85. The van der Waals surface area contributed by atoms with Crippen LogP contribution in [-0.2, 0) is 17.1 Å². The Morgan fingerprint density at radius 3 is 1.95 bits per heavy atom. The fraction of sp³-hybridized carbons (Fsp3) is 0.200. The van der Waals surface area contributed by atoms with Crippen LogP contribution in [-0.4, -0.2) is 23.0 Å². The molecule has 0 heterocycles. The normalized spacial score (nSPS) is 12.6. The van der Waals surface area contributed by atoms with Gasteiger partial charge in [-0.05, 0) is 50.2 Å². The average molecular weight is 561 g/mol. The summed E-state index contributed by atoms with van der Waals surface area (Å²) in [6.45, 7) is 3.34. The van der Waals surface area contributed by atoms with Crippen molar-refractivity contribution in [1.29, 1.82) is 0 Å². The third kappa shape index (κ3) is 7.09. The predicted molar refractivity (Wildman–Crippen MR) is 127 cm³/mol. The zero-order chi connectivity index (χ0) is 28.4. The van der Waals surface area contributed by atoms with Gasteiger partial charge in [0.2, 0.25) is 0 Å². The van der Waals surface area contributed by atoms with Gasteiger partial charge in [-0.15, -0.1) is 0 Å². The van der Waals surface area contributed by atoms with Crippen molar-refractivity contribution < 1.29 is 45.8 Å². The minimum absolute atomic E-state index is 0.0926. The van der Waals surface area contributed by atoms with E-state index < -0.39 is 58.4 Å². The second-order valence-corrected chi connectivity index (χ2v) is 8.57. The molecule has 0 aliphatic heterocycles. The minimum atomic E-state index is -5.15. The van der Waals surface area contributed by atoms with E-state index >= 15 is 0 Å². The van der Waals surface area contributed by atoms with E-state index in [1.807, 2.05) is 12.2 Å². The lowest BCUT2D eigenvalue weighted by Crippen LogP contribution is -2.30. The van der Waals surface area contributed by atoms with Gasteiger partial charge in [-0.3, -0.25) is 9.59 Å². The van der Waals surface area contributed by atoms with E-state index in [4.69, 9.17) is 16.3 Å². The lowest BCUT2D eigenvalue weighted by atomic mass is 10.0. The van der Waals surface area contributed by atoms with Gasteiger partial charge >= 0.3 is 12.4 Å². The molecule has 38 heavy (non-hydrogen) atoms. The molecule has 0 aliphatic rings. The van der Waals surface area contributed by atoms with Crippen molar-refractivity contribution in [3.8, 4) is 11.5 Å². The molecule has 3 rings (SSSR count). The third-order valence-corrected chi connectivity index (χ3v) is 5.46. The first kappa shape index (κ1) is 28.6. The Morgan fingerprint density at radius 2 is 1.42 bits per heavy atom. The zero-order valence-corrected chi connectivity index (χ0v) is 20.3. The molecule has 0 radical (unpaired) electrons. The van der Waals surface area contributed by atoms with Crippen molar-refractivity contribution in [2.24, 2.45) is 0 Å². The van der Waals surface area contributed by atoms with Crippen LogP contribution in [0.4, 0.5) is 37.7 Å². The molecule has 3 aromatic rings. The van der Waals surface area contributed by atoms with E-state index in [0.29, 0.717) is 5.75 Å². The summed E-state index contributed by atoms with van der Waals surface area (Å²) < 4.78 is 84.1. The number of phenolic OH excluding ortho intramolecular Hbond substituents is 1. The van der Waals surface area contributed by atoms with Crippen molar-refractivity contribution in [3.63, 3.8) is 0 Å². The van der Waals surface area contributed by atoms with Gasteiger partial charge in [0.25, 0.3) is 11.8 Å². The summed E-state index contributed by atoms with van der Waals surface area (Å²) in [6, 6.07) is 9.17. The highest BCUT2D eigenvalue weighted by atomic mass is 35.5. The molecule has 1 unspecified atom stereocenters. The quantitative estimate of drug-likeness (QED) is 0.223. The van der Waals surface area contributed by atoms with Crippen LogP contribution in [0, 0.1) is 6.92 Å². The number of phenols is 1. The monoisotopic (exact) mass is 560 g/mol. The van der Waals surface area contributed by atoms with Crippen molar-refractivity contribution in [2.75, 3.05) is 10.6 Å².